The fourth-order valence-corrected chi connectivity index (χ4v) is 4.46. The molecule has 0 aromatic carbocycles. The Kier molecular flexibility index (Phi) is 6.27. The van der Waals surface area contributed by atoms with Gasteiger partial charge in [0.25, 0.3) is 0 Å². The van der Waals surface area contributed by atoms with E-state index in [1.165, 1.54) is 0 Å². The molecule has 0 spiro atoms. The Morgan fingerprint density at radius 2 is 1.29 bits per heavy atom. The van der Waals surface area contributed by atoms with Crippen LogP contribution in [-0.2, 0) is 4.79 Å². The van der Waals surface area contributed by atoms with Crippen molar-refractivity contribution < 1.29 is 9.90 Å². The Hall–Kier alpha value is -1.83. The molecule has 0 aliphatic heterocycles. The third-order valence-corrected chi connectivity index (χ3v) is 6.34. The molecular formula is C29H44O2. The molecular weight excluding hydrogens is 380 g/mol. The molecule has 1 unspecified atom stereocenters. The molecule has 2 heteroatoms. The summed E-state index contributed by atoms with van der Waals surface area (Å²) in [6.07, 6.45) is 6.35. The van der Waals surface area contributed by atoms with E-state index in [2.05, 4.69) is 101 Å². The van der Waals surface area contributed by atoms with Crippen LogP contribution in [0.15, 0.2) is 57.4 Å². The van der Waals surface area contributed by atoms with Crippen LogP contribution in [0.1, 0.15) is 90.0 Å². The zero-order valence-corrected chi connectivity index (χ0v) is 22.2. The van der Waals surface area contributed by atoms with Crippen molar-refractivity contribution in [3.8, 4) is 0 Å². The second-order valence-electron chi connectivity index (χ2n) is 13.5. The number of aliphatic hydroxyl groups excluding tert-OH is 1. The average molecular weight is 425 g/mol. The first-order valence-corrected chi connectivity index (χ1v) is 11.5. The maximum absolute atomic E-state index is 14.0. The minimum atomic E-state index is -0.301. The number of carbonyl (C=O) groups excluding carboxylic acids is 1. The highest BCUT2D eigenvalue weighted by molar-refractivity contribution is 6.13. The van der Waals surface area contributed by atoms with Crippen LogP contribution in [0, 0.1) is 27.6 Å². The molecule has 1 N–H and O–H groups in total. The summed E-state index contributed by atoms with van der Waals surface area (Å²) in [6.45, 7) is 27.9. The van der Waals surface area contributed by atoms with Crippen molar-refractivity contribution in [1.29, 1.82) is 0 Å². The van der Waals surface area contributed by atoms with Gasteiger partial charge in [0.1, 0.15) is 5.76 Å². The summed E-state index contributed by atoms with van der Waals surface area (Å²) < 4.78 is 0. The van der Waals surface area contributed by atoms with E-state index in [1.807, 2.05) is 6.92 Å². The Morgan fingerprint density at radius 1 is 0.774 bits per heavy atom. The lowest BCUT2D eigenvalue weighted by Crippen LogP contribution is -2.33. The number of ketones is 1. The normalized spacial score (nSPS) is 24.2. The van der Waals surface area contributed by atoms with Crippen molar-refractivity contribution in [1.82, 2.24) is 0 Å². The van der Waals surface area contributed by atoms with Gasteiger partial charge in [-0.1, -0.05) is 95.2 Å². The summed E-state index contributed by atoms with van der Waals surface area (Å²) >= 11 is 0. The van der Waals surface area contributed by atoms with Crippen molar-refractivity contribution in [3.63, 3.8) is 0 Å². The second kappa shape index (κ2) is 7.64. The van der Waals surface area contributed by atoms with Crippen LogP contribution >= 0.6 is 0 Å². The third-order valence-electron chi connectivity index (χ3n) is 6.34. The Bertz CT molecular complexity index is 931. The van der Waals surface area contributed by atoms with Crippen LogP contribution in [0.5, 0.6) is 0 Å². The second-order valence-corrected chi connectivity index (χ2v) is 13.5. The van der Waals surface area contributed by atoms with Gasteiger partial charge < -0.3 is 5.11 Å². The fourth-order valence-electron chi connectivity index (χ4n) is 4.46. The Labute approximate surface area is 190 Å². The molecule has 0 saturated carbocycles. The number of carbonyl (C=O) groups is 1. The van der Waals surface area contributed by atoms with Gasteiger partial charge in [0.05, 0.1) is 0 Å². The number of hydrogen-bond donors (Lipinski definition) is 1. The topological polar surface area (TPSA) is 37.3 Å². The molecule has 1 atom stereocenters. The number of hydrogen-bond acceptors (Lipinski definition) is 2. The largest absolute Gasteiger partial charge is 0.507 e. The number of aliphatic hydroxyl groups is 1. The van der Waals surface area contributed by atoms with E-state index >= 15 is 0 Å². The minimum Gasteiger partial charge on any atom is -0.507 e. The number of allylic oxidation sites excluding steroid dienone is 9. The summed E-state index contributed by atoms with van der Waals surface area (Å²) in [5, 5.41) is 11.2. The minimum absolute atomic E-state index is 0.0355. The highest BCUT2D eigenvalue weighted by Gasteiger charge is 2.42. The standard InChI is InChI=1S/C29H44O2/c1-17-14-20(27(5,6)7)22(23(24(17)30)29(11,12)13)19-15-18(26(2,3)4)16-21(25(19)31)28(8,9)10/h14-16,20,30H,1-13H3. The monoisotopic (exact) mass is 424 g/mol. The van der Waals surface area contributed by atoms with Gasteiger partial charge in [-0.25, -0.2) is 0 Å². The highest BCUT2D eigenvalue weighted by Crippen LogP contribution is 2.51. The first-order valence-electron chi connectivity index (χ1n) is 11.5. The van der Waals surface area contributed by atoms with Crippen LogP contribution in [0.3, 0.4) is 0 Å². The van der Waals surface area contributed by atoms with Crippen LogP contribution in [0.4, 0.5) is 0 Å². The molecule has 0 bridgehead atoms. The van der Waals surface area contributed by atoms with Crippen molar-refractivity contribution >= 4 is 5.78 Å². The number of Topliss-reactive ketones (excluding diaryl/α,β-unsaturated/α-hetero) is 1. The summed E-state index contributed by atoms with van der Waals surface area (Å²) in [5.41, 5.74) is 4.78. The molecule has 172 valence electrons. The van der Waals surface area contributed by atoms with Gasteiger partial charge >= 0.3 is 0 Å². The first-order chi connectivity index (χ1) is 13.7. The maximum atomic E-state index is 14.0. The lowest BCUT2D eigenvalue weighted by atomic mass is 9.62. The maximum Gasteiger partial charge on any atom is 0.189 e. The quantitative estimate of drug-likeness (QED) is 0.397. The molecule has 2 aliphatic rings. The van der Waals surface area contributed by atoms with E-state index in [-0.39, 0.29) is 33.4 Å². The summed E-state index contributed by atoms with van der Waals surface area (Å²) in [7, 11) is 0. The lowest BCUT2D eigenvalue weighted by Gasteiger charge is -2.41. The van der Waals surface area contributed by atoms with Gasteiger partial charge in [0, 0.05) is 22.6 Å². The Morgan fingerprint density at radius 3 is 1.68 bits per heavy atom. The molecule has 0 aromatic heterocycles. The zero-order valence-electron chi connectivity index (χ0n) is 22.2. The zero-order chi connectivity index (χ0) is 24.3. The van der Waals surface area contributed by atoms with E-state index in [9.17, 15) is 9.90 Å². The van der Waals surface area contributed by atoms with Gasteiger partial charge in [-0.3, -0.25) is 4.79 Å². The van der Waals surface area contributed by atoms with Gasteiger partial charge in [0.2, 0.25) is 0 Å². The predicted octanol–water partition coefficient (Wildman–Crippen LogP) is 8.29. The van der Waals surface area contributed by atoms with Crippen LogP contribution in [-0.4, -0.2) is 10.9 Å². The van der Waals surface area contributed by atoms with E-state index in [1.54, 1.807) is 0 Å². The molecule has 2 nitrogen and oxygen atoms in total. The van der Waals surface area contributed by atoms with Crippen molar-refractivity contribution in [2.75, 3.05) is 0 Å². The molecule has 0 amide bonds. The van der Waals surface area contributed by atoms with E-state index in [0.29, 0.717) is 5.76 Å². The number of rotatable bonds is 0. The SMILES string of the molecule is CC1=CC(C(C)(C)C)C(=C2C=C(C(C)(C)C)C=C(C(C)(C)C)C2=O)C(C(C)(C)C)=C1O. The summed E-state index contributed by atoms with van der Waals surface area (Å²) in [4.78, 5) is 14.0. The average Bonchev–Trinajstić information content (AvgIpc) is 2.52. The molecule has 0 aromatic rings. The smallest absolute Gasteiger partial charge is 0.189 e. The van der Waals surface area contributed by atoms with Gasteiger partial charge in [-0.15, -0.1) is 0 Å². The van der Waals surface area contributed by atoms with Crippen molar-refractivity contribution in [3.05, 3.63) is 57.4 Å². The molecule has 0 heterocycles. The molecule has 2 aliphatic carbocycles. The van der Waals surface area contributed by atoms with Crippen LogP contribution in [0.2, 0.25) is 0 Å². The summed E-state index contributed by atoms with van der Waals surface area (Å²) in [5.74, 6) is 0.446. The van der Waals surface area contributed by atoms with Gasteiger partial charge in [-0.2, -0.15) is 0 Å². The highest BCUT2D eigenvalue weighted by atomic mass is 16.3. The fraction of sp³-hybridized carbons (Fsp3) is 0.621. The van der Waals surface area contributed by atoms with Crippen molar-refractivity contribution in [2.45, 2.75) is 90.0 Å². The van der Waals surface area contributed by atoms with E-state index in [0.717, 1.165) is 33.4 Å². The molecule has 2 rings (SSSR count). The van der Waals surface area contributed by atoms with Crippen LogP contribution in [0.25, 0.3) is 0 Å². The third kappa shape index (κ3) is 4.99. The lowest BCUT2D eigenvalue weighted by molar-refractivity contribution is -0.113. The molecule has 0 fully saturated rings. The summed E-state index contributed by atoms with van der Waals surface area (Å²) in [6, 6.07) is 0. The predicted molar refractivity (Wildman–Crippen MR) is 133 cm³/mol. The van der Waals surface area contributed by atoms with E-state index in [4.69, 9.17) is 0 Å². The van der Waals surface area contributed by atoms with Gasteiger partial charge in [0.15, 0.2) is 5.78 Å². The molecule has 0 radical (unpaired) electrons. The Balaban J connectivity index is 3.05. The first kappa shape index (κ1) is 25.4. The van der Waals surface area contributed by atoms with Crippen LogP contribution < -0.4 is 0 Å². The van der Waals surface area contributed by atoms with E-state index < -0.39 is 0 Å². The van der Waals surface area contributed by atoms with Crippen molar-refractivity contribution in [2.24, 2.45) is 27.6 Å². The molecule has 0 saturated heterocycles. The van der Waals surface area contributed by atoms with Gasteiger partial charge in [-0.05, 0) is 51.4 Å². The molecule has 31 heavy (non-hydrogen) atoms.